The first-order chi connectivity index (χ1) is 13.5. The molecule has 0 atom stereocenters. The Morgan fingerprint density at radius 1 is 1.28 bits per heavy atom. The van der Waals surface area contributed by atoms with Crippen LogP contribution in [0.15, 0.2) is 6.07 Å². The lowest BCUT2D eigenvalue weighted by molar-refractivity contribution is -0.192. The maximum absolute atomic E-state index is 11.6. The van der Waals surface area contributed by atoms with Gasteiger partial charge in [-0.3, -0.25) is 4.79 Å². The number of carboxylic acids is 2. The fourth-order valence-electron chi connectivity index (χ4n) is 2.96. The highest BCUT2D eigenvalue weighted by atomic mass is 19.4. The Labute approximate surface area is 162 Å². The Morgan fingerprint density at radius 3 is 2.34 bits per heavy atom. The summed E-state index contributed by atoms with van der Waals surface area (Å²) in [6, 6.07) is 2.06. The van der Waals surface area contributed by atoms with E-state index in [0.29, 0.717) is 31.0 Å². The molecule has 3 rings (SSSR count). The van der Waals surface area contributed by atoms with Crippen LogP contribution in [0.4, 0.5) is 19.0 Å². The lowest BCUT2D eigenvalue weighted by Gasteiger charge is -2.24. The van der Waals surface area contributed by atoms with Crippen molar-refractivity contribution in [3.8, 4) is 6.01 Å². The number of aliphatic carboxylic acids is 2. The van der Waals surface area contributed by atoms with E-state index in [2.05, 4.69) is 20.4 Å². The van der Waals surface area contributed by atoms with E-state index < -0.39 is 23.5 Å². The molecule has 1 aliphatic carbocycles. The van der Waals surface area contributed by atoms with Crippen LogP contribution in [0.1, 0.15) is 31.4 Å². The Morgan fingerprint density at radius 2 is 1.86 bits per heavy atom. The highest BCUT2D eigenvalue weighted by Gasteiger charge is 2.41. The molecule has 0 amide bonds. The van der Waals surface area contributed by atoms with Gasteiger partial charge in [-0.05, 0) is 19.8 Å². The third-order valence-corrected chi connectivity index (χ3v) is 4.47. The van der Waals surface area contributed by atoms with E-state index in [4.69, 9.17) is 14.6 Å². The summed E-state index contributed by atoms with van der Waals surface area (Å²) in [7, 11) is 1.49. The number of carbonyl (C=O) groups is 2. The van der Waals surface area contributed by atoms with Gasteiger partial charge in [-0.2, -0.15) is 22.7 Å². The van der Waals surface area contributed by atoms with Crippen molar-refractivity contribution in [1.82, 2.24) is 19.6 Å². The number of aryl methyl sites for hydroxylation is 1. The minimum absolute atomic E-state index is 0.231. The third kappa shape index (κ3) is 5.23. The second-order valence-electron chi connectivity index (χ2n) is 6.54. The van der Waals surface area contributed by atoms with E-state index in [-0.39, 0.29) is 6.01 Å². The normalized spacial score (nSPS) is 15.5. The van der Waals surface area contributed by atoms with Crippen LogP contribution < -0.4 is 10.1 Å². The van der Waals surface area contributed by atoms with Crippen LogP contribution in [-0.2, 0) is 9.59 Å². The van der Waals surface area contributed by atoms with Gasteiger partial charge in [-0.25, -0.2) is 9.78 Å². The van der Waals surface area contributed by atoms with Crippen LogP contribution in [0, 0.1) is 12.3 Å². The molecule has 0 spiro atoms. The standard InChI is InChI=1S/C14H19N5O3.C2HF3O2/c1-9-7-10(19-12(16-9)17-13(18-19)22-2)15-8-14(11(20)21)5-3-4-6-14;3-2(4,5)1(6)7/h7,15H,3-6,8H2,1-2H3,(H,20,21);(H,6,7). The van der Waals surface area contributed by atoms with Gasteiger partial charge in [0.05, 0.1) is 12.5 Å². The molecule has 0 bridgehead atoms. The summed E-state index contributed by atoms with van der Waals surface area (Å²) in [5.74, 6) is -2.40. The first kappa shape index (κ1) is 22.2. The van der Waals surface area contributed by atoms with Gasteiger partial charge in [-0.1, -0.05) is 12.8 Å². The van der Waals surface area contributed by atoms with Crippen LogP contribution in [0.5, 0.6) is 6.01 Å². The van der Waals surface area contributed by atoms with Crippen molar-refractivity contribution in [1.29, 1.82) is 0 Å². The molecule has 0 radical (unpaired) electrons. The van der Waals surface area contributed by atoms with Crippen molar-refractivity contribution in [3.63, 3.8) is 0 Å². The maximum atomic E-state index is 11.6. The van der Waals surface area contributed by atoms with Crippen molar-refractivity contribution >= 4 is 23.5 Å². The lowest BCUT2D eigenvalue weighted by Crippen LogP contribution is -2.35. The number of halogens is 3. The summed E-state index contributed by atoms with van der Waals surface area (Å²) in [5.41, 5.74) is 0.0783. The van der Waals surface area contributed by atoms with Gasteiger partial charge in [0.2, 0.25) is 0 Å². The average molecular weight is 419 g/mol. The number of anilines is 1. The Balaban J connectivity index is 0.000000370. The van der Waals surface area contributed by atoms with E-state index in [1.165, 1.54) is 11.6 Å². The minimum atomic E-state index is -5.08. The van der Waals surface area contributed by atoms with Crippen molar-refractivity contribution in [2.45, 2.75) is 38.8 Å². The van der Waals surface area contributed by atoms with Crippen LogP contribution in [0.25, 0.3) is 5.78 Å². The number of carboxylic acid groups (broad SMARTS) is 2. The molecule has 3 N–H and O–H groups in total. The molecule has 1 saturated carbocycles. The van der Waals surface area contributed by atoms with E-state index in [1.54, 1.807) is 0 Å². The fourth-order valence-corrected chi connectivity index (χ4v) is 2.96. The summed E-state index contributed by atoms with van der Waals surface area (Å²) in [6.07, 6.45) is -1.78. The summed E-state index contributed by atoms with van der Waals surface area (Å²) in [4.78, 5) is 29.0. The van der Waals surface area contributed by atoms with E-state index in [0.717, 1.165) is 18.5 Å². The molecule has 0 unspecified atom stereocenters. The van der Waals surface area contributed by atoms with Crippen molar-refractivity contribution in [2.24, 2.45) is 5.41 Å². The van der Waals surface area contributed by atoms with E-state index in [9.17, 15) is 23.1 Å². The zero-order chi connectivity index (χ0) is 21.8. The number of aromatic nitrogens is 4. The van der Waals surface area contributed by atoms with Crippen LogP contribution in [-0.4, -0.2) is 61.6 Å². The second kappa shape index (κ2) is 8.49. The molecule has 2 heterocycles. The smallest absolute Gasteiger partial charge is 0.481 e. The van der Waals surface area contributed by atoms with Crippen LogP contribution >= 0.6 is 0 Å². The third-order valence-electron chi connectivity index (χ3n) is 4.47. The van der Waals surface area contributed by atoms with Gasteiger partial charge >= 0.3 is 24.1 Å². The first-order valence-corrected chi connectivity index (χ1v) is 8.54. The Bertz CT molecular complexity index is 893. The van der Waals surface area contributed by atoms with Crippen molar-refractivity contribution in [3.05, 3.63) is 11.8 Å². The molecule has 0 aliphatic heterocycles. The topological polar surface area (TPSA) is 139 Å². The Kier molecular flexibility index (Phi) is 6.49. The minimum Gasteiger partial charge on any atom is -0.481 e. The van der Waals surface area contributed by atoms with Gasteiger partial charge in [-0.15, -0.1) is 5.10 Å². The van der Waals surface area contributed by atoms with E-state index in [1.807, 2.05) is 13.0 Å². The molecule has 13 heteroatoms. The number of ether oxygens (including phenoxy) is 1. The molecule has 1 fully saturated rings. The zero-order valence-electron chi connectivity index (χ0n) is 15.7. The number of rotatable bonds is 5. The number of nitrogens with zero attached hydrogens (tertiary/aromatic N) is 4. The number of hydrogen-bond acceptors (Lipinski definition) is 7. The van der Waals surface area contributed by atoms with Gasteiger partial charge in [0.1, 0.15) is 5.82 Å². The monoisotopic (exact) mass is 419 g/mol. The van der Waals surface area contributed by atoms with Gasteiger partial charge in [0.25, 0.3) is 5.78 Å². The molecule has 0 aromatic carbocycles. The summed E-state index contributed by atoms with van der Waals surface area (Å²) in [5, 5.41) is 24.1. The number of fused-ring (bicyclic) bond motifs is 1. The fraction of sp³-hybridized carbons (Fsp3) is 0.562. The summed E-state index contributed by atoms with van der Waals surface area (Å²) < 4.78 is 38.3. The SMILES string of the molecule is COc1nc2nc(C)cc(NCC3(C(=O)O)CCCC3)n2n1.O=C(O)C(F)(F)F. The van der Waals surface area contributed by atoms with Crippen LogP contribution in [0.3, 0.4) is 0 Å². The largest absolute Gasteiger partial charge is 0.490 e. The number of alkyl halides is 3. The number of hydrogen-bond donors (Lipinski definition) is 3. The average Bonchev–Trinajstić information content (AvgIpc) is 3.26. The van der Waals surface area contributed by atoms with Gasteiger partial charge < -0.3 is 20.3 Å². The van der Waals surface area contributed by atoms with Gasteiger partial charge in [0.15, 0.2) is 0 Å². The molecule has 1 aliphatic rings. The number of methoxy groups -OCH3 is 1. The van der Waals surface area contributed by atoms with Crippen LogP contribution in [0.2, 0.25) is 0 Å². The predicted molar refractivity (Wildman–Crippen MR) is 92.8 cm³/mol. The molecular formula is C16H20F3N5O5. The molecule has 2 aromatic rings. The molecule has 2 aromatic heterocycles. The zero-order valence-corrected chi connectivity index (χ0v) is 15.7. The van der Waals surface area contributed by atoms with E-state index >= 15 is 0 Å². The maximum Gasteiger partial charge on any atom is 0.490 e. The highest BCUT2D eigenvalue weighted by molar-refractivity contribution is 5.76. The lowest BCUT2D eigenvalue weighted by atomic mass is 9.86. The predicted octanol–water partition coefficient (Wildman–Crippen LogP) is 2.13. The Hall–Kier alpha value is -3.12. The number of nitrogens with one attached hydrogen (secondary N) is 1. The molecular weight excluding hydrogens is 399 g/mol. The summed E-state index contributed by atoms with van der Waals surface area (Å²) >= 11 is 0. The molecule has 160 valence electrons. The second-order valence-corrected chi connectivity index (χ2v) is 6.54. The first-order valence-electron chi connectivity index (χ1n) is 8.54. The van der Waals surface area contributed by atoms with Gasteiger partial charge in [0, 0.05) is 18.3 Å². The highest BCUT2D eigenvalue weighted by Crippen LogP contribution is 2.38. The summed E-state index contributed by atoms with van der Waals surface area (Å²) in [6.45, 7) is 2.22. The quantitative estimate of drug-likeness (QED) is 0.665. The van der Waals surface area contributed by atoms with Crippen molar-refractivity contribution in [2.75, 3.05) is 19.0 Å². The molecule has 29 heavy (non-hydrogen) atoms. The van der Waals surface area contributed by atoms with Crippen molar-refractivity contribution < 1.29 is 37.7 Å². The molecule has 10 nitrogen and oxygen atoms in total. The molecule has 0 saturated heterocycles.